The molecule has 2 heterocycles. The minimum atomic E-state index is -0.828. The van der Waals surface area contributed by atoms with E-state index in [9.17, 15) is 13.6 Å². The van der Waals surface area contributed by atoms with E-state index in [-0.39, 0.29) is 17.4 Å². The minimum absolute atomic E-state index is 0.0676. The molecular formula is C21H18F2N6O2. The molecule has 1 amide bonds. The van der Waals surface area contributed by atoms with Crippen molar-refractivity contribution >= 4 is 23.8 Å². The number of imidazole rings is 1. The predicted molar refractivity (Wildman–Crippen MR) is 112 cm³/mol. The Morgan fingerprint density at radius 1 is 1.29 bits per heavy atom. The molecule has 1 aliphatic heterocycles. The molecule has 0 atom stereocenters. The number of nitrogens with zero attached hydrogens (tertiary/aromatic N) is 4. The van der Waals surface area contributed by atoms with Gasteiger partial charge in [-0.3, -0.25) is 4.79 Å². The summed E-state index contributed by atoms with van der Waals surface area (Å²) in [7, 11) is 1.55. The third-order valence-electron chi connectivity index (χ3n) is 4.64. The Balaban J connectivity index is 1.79. The maximum absolute atomic E-state index is 14.1. The molecule has 158 valence electrons. The highest BCUT2D eigenvalue weighted by atomic mass is 19.1. The summed E-state index contributed by atoms with van der Waals surface area (Å²) in [5.74, 6) is -0.605. The van der Waals surface area contributed by atoms with Crippen LogP contribution in [-0.2, 0) is 6.54 Å². The van der Waals surface area contributed by atoms with Crippen molar-refractivity contribution in [1.29, 1.82) is 0 Å². The van der Waals surface area contributed by atoms with Crippen LogP contribution in [0.5, 0.6) is 5.75 Å². The van der Waals surface area contributed by atoms with Crippen LogP contribution in [0.25, 0.3) is 11.4 Å². The fourth-order valence-electron chi connectivity index (χ4n) is 3.18. The molecule has 0 saturated carbocycles. The van der Waals surface area contributed by atoms with Crippen LogP contribution in [0.1, 0.15) is 16.1 Å². The Morgan fingerprint density at radius 3 is 2.87 bits per heavy atom. The van der Waals surface area contributed by atoms with Crippen molar-refractivity contribution in [3.8, 4) is 17.1 Å². The molecule has 0 radical (unpaired) electrons. The van der Waals surface area contributed by atoms with Crippen LogP contribution in [0, 0.1) is 11.6 Å². The quantitative estimate of drug-likeness (QED) is 0.498. The number of amides is 1. The van der Waals surface area contributed by atoms with Crippen LogP contribution < -0.4 is 15.8 Å². The van der Waals surface area contributed by atoms with Gasteiger partial charge in [0.25, 0.3) is 5.91 Å². The van der Waals surface area contributed by atoms with Crippen molar-refractivity contribution in [3.05, 3.63) is 65.5 Å². The van der Waals surface area contributed by atoms with E-state index in [1.54, 1.807) is 31.4 Å². The zero-order valence-electron chi connectivity index (χ0n) is 16.5. The number of hydrogen-bond donors (Lipinski definition) is 2. The van der Waals surface area contributed by atoms with Gasteiger partial charge in [0.2, 0.25) is 0 Å². The zero-order valence-corrected chi connectivity index (χ0v) is 16.5. The molecule has 4 rings (SSSR count). The first kappa shape index (κ1) is 20.2. The average Bonchev–Trinajstić information content (AvgIpc) is 3.10. The highest BCUT2D eigenvalue weighted by Gasteiger charge is 2.21. The second kappa shape index (κ2) is 8.34. The standard InChI is InChI=1S/C21H18F2N6O2/c1-25-21(30)12-2-4-14-18(8-12)31-7-6-29-10-17(28-20(14)29)19(26-11-24)27-16-5-3-13(22)9-15(16)23/h2-5,8-11H,6-7H2,1H3,(H,25,30)(H2,24,26,27). The van der Waals surface area contributed by atoms with E-state index in [0.29, 0.717) is 41.5 Å². The number of carbonyl (C=O) groups excluding carboxylic acids is 1. The van der Waals surface area contributed by atoms with Crippen LogP contribution in [0.15, 0.2) is 52.6 Å². The van der Waals surface area contributed by atoms with E-state index in [2.05, 4.69) is 20.3 Å². The SMILES string of the molecule is CNC(=O)c1ccc2c(c1)OCCn1cc(C(N=CN)=Nc3ccc(F)cc3F)nc1-2. The molecular weight excluding hydrogens is 406 g/mol. The smallest absolute Gasteiger partial charge is 0.251 e. The summed E-state index contributed by atoms with van der Waals surface area (Å²) < 4.78 is 34.9. The number of aliphatic imine (C=N–C) groups is 2. The molecule has 0 spiro atoms. The molecule has 0 saturated heterocycles. The predicted octanol–water partition coefficient (Wildman–Crippen LogP) is 2.65. The van der Waals surface area contributed by atoms with E-state index in [0.717, 1.165) is 18.5 Å². The largest absolute Gasteiger partial charge is 0.491 e. The summed E-state index contributed by atoms with van der Waals surface area (Å²) in [6, 6.07) is 8.12. The van der Waals surface area contributed by atoms with Crippen molar-refractivity contribution in [1.82, 2.24) is 14.9 Å². The first-order chi connectivity index (χ1) is 15.0. The number of benzene rings is 2. The third-order valence-corrected chi connectivity index (χ3v) is 4.64. The Bertz CT molecular complexity index is 1220. The van der Waals surface area contributed by atoms with Gasteiger partial charge < -0.3 is 20.4 Å². The molecule has 3 N–H and O–H groups in total. The molecule has 31 heavy (non-hydrogen) atoms. The number of rotatable bonds is 3. The number of halogens is 2. The molecule has 1 aliphatic rings. The summed E-state index contributed by atoms with van der Waals surface area (Å²) in [5.41, 5.74) is 6.85. The van der Waals surface area contributed by atoms with Crippen LogP contribution in [0.4, 0.5) is 14.5 Å². The van der Waals surface area contributed by atoms with Crippen molar-refractivity contribution in [2.75, 3.05) is 13.7 Å². The van der Waals surface area contributed by atoms with Crippen molar-refractivity contribution in [2.45, 2.75) is 6.54 Å². The minimum Gasteiger partial charge on any atom is -0.491 e. The van der Waals surface area contributed by atoms with Gasteiger partial charge in [-0.25, -0.2) is 23.7 Å². The van der Waals surface area contributed by atoms with Gasteiger partial charge in [-0.05, 0) is 30.3 Å². The molecule has 0 unspecified atom stereocenters. The van der Waals surface area contributed by atoms with E-state index in [1.807, 2.05) is 4.57 Å². The van der Waals surface area contributed by atoms with Crippen molar-refractivity contribution < 1.29 is 18.3 Å². The Labute approximate surface area is 176 Å². The number of carbonyl (C=O) groups is 1. The maximum Gasteiger partial charge on any atom is 0.251 e. The number of hydrogen-bond acceptors (Lipinski definition) is 4. The normalized spacial score (nSPS) is 13.3. The summed E-state index contributed by atoms with van der Waals surface area (Å²) in [5, 5.41) is 2.57. The van der Waals surface area contributed by atoms with Crippen LogP contribution in [0.2, 0.25) is 0 Å². The molecule has 0 bridgehead atoms. The lowest BCUT2D eigenvalue weighted by atomic mass is 10.1. The van der Waals surface area contributed by atoms with Gasteiger partial charge >= 0.3 is 0 Å². The van der Waals surface area contributed by atoms with Crippen molar-refractivity contribution in [3.63, 3.8) is 0 Å². The fraction of sp³-hybridized carbons (Fsp3) is 0.143. The zero-order chi connectivity index (χ0) is 22.0. The second-order valence-electron chi connectivity index (χ2n) is 6.59. The van der Waals surface area contributed by atoms with Crippen LogP contribution in [0.3, 0.4) is 0 Å². The van der Waals surface area contributed by atoms with Gasteiger partial charge in [0.05, 0.1) is 18.4 Å². The first-order valence-electron chi connectivity index (χ1n) is 9.35. The summed E-state index contributed by atoms with van der Waals surface area (Å²) in [4.78, 5) is 24.7. The fourth-order valence-corrected chi connectivity index (χ4v) is 3.18. The van der Waals surface area contributed by atoms with Crippen LogP contribution >= 0.6 is 0 Å². The molecule has 8 nitrogen and oxygen atoms in total. The first-order valence-corrected chi connectivity index (χ1v) is 9.35. The number of ether oxygens (including phenoxy) is 1. The second-order valence-corrected chi connectivity index (χ2v) is 6.59. The third kappa shape index (κ3) is 4.00. The number of nitrogens with one attached hydrogen (secondary N) is 1. The Hall–Kier alpha value is -4.08. The summed E-state index contributed by atoms with van der Waals surface area (Å²) in [6.45, 7) is 0.836. The monoisotopic (exact) mass is 424 g/mol. The highest BCUT2D eigenvalue weighted by Crippen LogP contribution is 2.33. The molecule has 2 aromatic carbocycles. The van der Waals surface area contributed by atoms with E-state index < -0.39 is 11.6 Å². The number of nitrogens with two attached hydrogens (primary N) is 1. The van der Waals surface area contributed by atoms with E-state index >= 15 is 0 Å². The maximum atomic E-state index is 14.1. The van der Waals surface area contributed by atoms with Gasteiger partial charge in [-0.15, -0.1) is 0 Å². The Morgan fingerprint density at radius 2 is 2.13 bits per heavy atom. The van der Waals surface area contributed by atoms with Gasteiger partial charge in [-0.1, -0.05) is 0 Å². The topological polar surface area (TPSA) is 107 Å². The number of fused-ring (bicyclic) bond motifs is 3. The van der Waals surface area contributed by atoms with Gasteiger partial charge in [0.1, 0.15) is 35.4 Å². The lowest BCUT2D eigenvalue weighted by molar-refractivity contribution is 0.0962. The highest BCUT2D eigenvalue weighted by molar-refractivity contribution is 6.03. The summed E-state index contributed by atoms with van der Waals surface area (Å²) >= 11 is 0. The molecule has 3 aromatic rings. The average molecular weight is 424 g/mol. The summed E-state index contributed by atoms with van der Waals surface area (Å²) in [6.07, 6.45) is 2.73. The van der Waals surface area contributed by atoms with E-state index in [4.69, 9.17) is 10.5 Å². The lowest BCUT2D eigenvalue weighted by Gasteiger charge is -2.08. The Kier molecular flexibility index (Phi) is 5.44. The molecule has 0 aliphatic carbocycles. The van der Waals surface area contributed by atoms with Gasteiger partial charge in [-0.2, -0.15) is 0 Å². The molecule has 10 heteroatoms. The lowest BCUT2D eigenvalue weighted by Crippen LogP contribution is -2.17. The van der Waals surface area contributed by atoms with Crippen molar-refractivity contribution in [2.24, 2.45) is 15.7 Å². The molecule has 0 fully saturated rings. The van der Waals surface area contributed by atoms with Gasteiger partial charge in [0.15, 0.2) is 11.7 Å². The number of aromatic nitrogens is 2. The van der Waals surface area contributed by atoms with Gasteiger partial charge in [0, 0.05) is 24.9 Å². The number of amidine groups is 1. The van der Waals surface area contributed by atoms with Crippen LogP contribution in [-0.4, -0.2) is 41.3 Å². The van der Waals surface area contributed by atoms with E-state index in [1.165, 1.54) is 6.07 Å². The molecule has 1 aromatic heterocycles.